The molecule has 0 spiro atoms. The Labute approximate surface area is 144 Å². The lowest BCUT2D eigenvalue weighted by Gasteiger charge is -2.11. The third-order valence-corrected chi connectivity index (χ3v) is 4.25. The van der Waals surface area contributed by atoms with Crippen LogP contribution in [0.1, 0.15) is 5.56 Å². The smallest absolute Gasteiger partial charge is 0.416 e. The summed E-state index contributed by atoms with van der Waals surface area (Å²) >= 11 is 5.83. The lowest BCUT2D eigenvalue weighted by atomic mass is 10.2. The third-order valence-electron chi connectivity index (χ3n) is 3.14. The number of fused-ring (bicyclic) bond motifs is 1. The van der Waals surface area contributed by atoms with Gasteiger partial charge in [0.1, 0.15) is 17.0 Å². The minimum atomic E-state index is -4.51. The van der Waals surface area contributed by atoms with E-state index in [1.807, 2.05) is 0 Å². The number of oxazole rings is 1. The van der Waals surface area contributed by atoms with E-state index < -0.39 is 26.8 Å². The molecule has 0 unspecified atom stereocenters. The maximum Gasteiger partial charge on any atom is 0.416 e. The van der Waals surface area contributed by atoms with Gasteiger partial charge in [-0.2, -0.15) is 18.2 Å². The maximum atomic E-state index is 12.6. The van der Waals surface area contributed by atoms with Crippen molar-refractivity contribution in [3.8, 4) is 11.5 Å². The van der Waals surface area contributed by atoms with Crippen molar-refractivity contribution in [2.24, 2.45) is 0 Å². The first kappa shape index (κ1) is 17.6. The Morgan fingerprint density at radius 1 is 1.16 bits per heavy atom. The van der Waals surface area contributed by atoms with Crippen LogP contribution in [-0.4, -0.2) is 19.7 Å². The summed E-state index contributed by atoms with van der Waals surface area (Å²) in [4.78, 5) is 3.83. The molecule has 0 bridgehead atoms. The van der Waals surface area contributed by atoms with E-state index in [0.717, 1.165) is 24.5 Å². The fourth-order valence-corrected chi connectivity index (χ4v) is 2.72. The van der Waals surface area contributed by atoms with Crippen molar-refractivity contribution in [3.05, 3.63) is 47.0 Å². The summed E-state index contributed by atoms with van der Waals surface area (Å²) in [6.45, 7) is 0. The molecular formula is C15H9ClF3NO4S. The largest absolute Gasteiger partial charge is 0.456 e. The number of hydrogen-bond donors (Lipinski definition) is 0. The Morgan fingerprint density at radius 3 is 2.48 bits per heavy atom. The molecule has 0 atom stereocenters. The molecule has 0 radical (unpaired) electrons. The molecule has 0 N–H and O–H groups in total. The highest BCUT2D eigenvalue weighted by atomic mass is 35.5. The number of rotatable bonds is 3. The van der Waals surface area contributed by atoms with Crippen LogP contribution in [0.4, 0.5) is 13.2 Å². The molecule has 3 aromatic rings. The average molecular weight is 392 g/mol. The predicted molar refractivity (Wildman–Crippen MR) is 83.6 cm³/mol. The Hall–Kier alpha value is -2.26. The molecule has 0 aliphatic heterocycles. The highest BCUT2D eigenvalue weighted by molar-refractivity contribution is 7.90. The number of hydrogen-bond acceptors (Lipinski definition) is 5. The van der Waals surface area contributed by atoms with E-state index in [4.69, 9.17) is 20.8 Å². The SMILES string of the molecule is CS(=O)(=O)c1nc2ccc(Oc3ccc(C(F)(F)F)cc3Cl)cc2o1. The number of nitrogens with zero attached hydrogens (tertiary/aromatic N) is 1. The third kappa shape index (κ3) is 3.72. The molecule has 1 aromatic heterocycles. The lowest BCUT2D eigenvalue weighted by molar-refractivity contribution is -0.137. The van der Waals surface area contributed by atoms with Crippen molar-refractivity contribution in [3.63, 3.8) is 0 Å². The van der Waals surface area contributed by atoms with Gasteiger partial charge in [-0.1, -0.05) is 11.6 Å². The van der Waals surface area contributed by atoms with Crippen LogP contribution in [0, 0.1) is 0 Å². The number of ether oxygens (including phenoxy) is 1. The van der Waals surface area contributed by atoms with Crippen LogP contribution >= 0.6 is 11.6 Å². The molecule has 0 aliphatic carbocycles. The summed E-state index contributed by atoms with van der Waals surface area (Å²) < 4.78 is 71.4. The molecule has 0 amide bonds. The van der Waals surface area contributed by atoms with Gasteiger partial charge in [0.2, 0.25) is 9.84 Å². The maximum absolute atomic E-state index is 12.6. The second-order valence-electron chi connectivity index (χ2n) is 5.13. The second kappa shape index (κ2) is 5.92. The minimum absolute atomic E-state index is 0.0110. The highest BCUT2D eigenvalue weighted by Crippen LogP contribution is 2.37. The van der Waals surface area contributed by atoms with Crippen molar-refractivity contribution in [1.29, 1.82) is 0 Å². The van der Waals surface area contributed by atoms with Gasteiger partial charge < -0.3 is 9.15 Å². The zero-order valence-corrected chi connectivity index (χ0v) is 14.0. The summed E-state index contributed by atoms with van der Waals surface area (Å²) in [5.74, 6) is 0.210. The summed E-state index contributed by atoms with van der Waals surface area (Å²) in [6.07, 6.45) is -3.56. The molecule has 25 heavy (non-hydrogen) atoms. The van der Waals surface area contributed by atoms with Gasteiger partial charge in [0.25, 0.3) is 0 Å². The van der Waals surface area contributed by atoms with Crippen LogP contribution in [0.5, 0.6) is 11.5 Å². The summed E-state index contributed by atoms with van der Waals surface area (Å²) in [5, 5.41) is -0.656. The second-order valence-corrected chi connectivity index (χ2v) is 7.43. The normalized spacial score (nSPS) is 12.5. The van der Waals surface area contributed by atoms with Crippen molar-refractivity contribution in [1.82, 2.24) is 4.98 Å². The summed E-state index contributed by atoms with van der Waals surface area (Å²) in [7, 11) is -3.61. The van der Waals surface area contributed by atoms with E-state index in [1.165, 1.54) is 18.2 Å². The van der Waals surface area contributed by atoms with Crippen LogP contribution in [0.2, 0.25) is 5.02 Å². The van der Waals surface area contributed by atoms with Gasteiger partial charge >= 0.3 is 11.4 Å². The summed E-state index contributed by atoms with van der Waals surface area (Å²) in [5.41, 5.74) is -0.444. The highest BCUT2D eigenvalue weighted by Gasteiger charge is 2.31. The molecule has 5 nitrogen and oxygen atoms in total. The van der Waals surface area contributed by atoms with Gasteiger partial charge in [-0.15, -0.1) is 0 Å². The van der Waals surface area contributed by atoms with Crippen LogP contribution in [0.3, 0.4) is 0 Å². The molecule has 0 saturated heterocycles. The standard InChI is InChI=1S/C15H9ClF3NO4S/c1-25(21,22)14-20-11-4-3-9(7-13(11)24-14)23-12-5-2-8(6-10(12)16)15(17,18)19/h2-7H,1H3. The van der Waals surface area contributed by atoms with Crippen LogP contribution in [-0.2, 0) is 16.0 Å². The molecule has 1 heterocycles. The Balaban J connectivity index is 1.93. The zero-order valence-electron chi connectivity index (χ0n) is 12.5. The fraction of sp³-hybridized carbons (Fsp3) is 0.133. The van der Waals surface area contributed by atoms with E-state index in [9.17, 15) is 21.6 Å². The fourth-order valence-electron chi connectivity index (χ4n) is 1.99. The lowest BCUT2D eigenvalue weighted by Crippen LogP contribution is -2.04. The Morgan fingerprint density at radius 2 is 1.88 bits per heavy atom. The molecule has 10 heteroatoms. The quantitative estimate of drug-likeness (QED) is 0.647. The number of benzene rings is 2. The van der Waals surface area contributed by atoms with Crippen molar-refractivity contribution in [2.45, 2.75) is 11.4 Å². The predicted octanol–water partition coefficient (Wildman–Crippen LogP) is 4.70. The van der Waals surface area contributed by atoms with Gasteiger partial charge in [0, 0.05) is 12.3 Å². The van der Waals surface area contributed by atoms with Gasteiger partial charge in [0.15, 0.2) is 5.58 Å². The van der Waals surface area contributed by atoms with E-state index in [1.54, 1.807) is 0 Å². The van der Waals surface area contributed by atoms with Crippen LogP contribution in [0.15, 0.2) is 46.0 Å². The average Bonchev–Trinajstić information content (AvgIpc) is 2.91. The molecular weight excluding hydrogens is 383 g/mol. The monoisotopic (exact) mass is 391 g/mol. The molecule has 0 fully saturated rings. The van der Waals surface area contributed by atoms with Gasteiger partial charge in [0.05, 0.1) is 10.6 Å². The number of sulfone groups is 1. The first-order chi connectivity index (χ1) is 11.5. The molecule has 2 aromatic carbocycles. The Kier molecular flexibility index (Phi) is 4.16. The van der Waals surface area contributed by atoms with E-state index in [2.05, 4.69) is 4.98 Å². The van der Waals surface area contributed by atoms with Crippen LogP contribution < -0.4 is 4.74 Å². The number of aromatic nitrogens is 1. The molecule has 3 rings (SSSR count). The van der Waals surface area contributed by atoms with Gasteiger partial charge in [-0.05, 0) is 30.3 Å². The minimum Gasteiger partial charge on any atom is -0.456 e. The molecule has 132 valence electrons. The summed E-state index contributed by atoms with van der Waals surface area (Å²) in [6, 6.07) is 6.98. The van der Waals surface area contributed by atoms with Gasteiger partial charge in [-0.25, -0.2) is 8.42 Å². The number of alkyl halides is 3. The van der Waals surface area contributed by atoms with E-state index >= 15 is 0 Å². The van der Waals surface area contributed by atoms with Crippen molar-refractivity contribution in [2.75, 3.05) is 6.26 Å². The van der Waals surface area contributed by atoms with E-state index in [0.29, 0.717) is 5.52 Å². The first-order valence-electron chi connectivity index (χ1n) is 6.69. The number of halogens is 4. The topological polar surface area (TPSA) is 69.4 Å². The van der Waals surface area contributed by atoms with Crippen molar-refractivity contribution < 1.29 is 30.7 Å². The van der Waals surface area contributed by atoms with Gasteiger partial charge in [-0.3, -0.25) is 0 Å². The Bertz CT molecular complexity index is 1060. The van der Waals surface area contributed by atoms with E-state index in [-0.39, 0.29) is 22.1 Å². The zero-order chi connectivity index (χ0) is 18.4. The van der Waals surface area contributed by atoms with Crippen LogP contribution in [0.25, 0.3) is 11.1 Å². The first-order valence-corrected chi connectivity index (χ1v) is 8.96. The molecule has 0 saturated carbocycles. The molecule has 0 aliphatic rings. The van der Waals surface area contributed by atoms with Crippen molar-refractivity contribution >= 4 is 32.5 Å².